The topological polar surface area (TPSA) is 57.5 Å². The second kappa shape index (κ2) is 5.77. The molecule has 4 heteroatoms. The summed E-state index contributed by atoms with van der Waals surface area (Å²) in [6.45, 7) is 2.73. The minimum absolute atomic E-state index is 0.262. The first-order valence-corrected chi connectivity index (χ1v) is 6.20. The van der Waals surface area contributed by atoms with Gasteiger partial charge in [-0.3, -0.25) is 4.98 Å². The van der Waals surface area contributed by atoms with Gasteiger partial charge in [0, 0.05) is 24.2 Å². The Morgan fingerprint density at radius 3 is 3.12 bits per heavy atom. The van der Waals surface area contributed by atoms with Crippen molar-refractivity contribution >= 4 is 5.97 Å². The van der Waals surface area contributed by atoms with Crippen molar-refractivity contribution < 1.29 is 14.8 Å². The zero-order valence-electron chi connectivity index (χ0n) is 9.89. The zero-order chi connectivity index (χ0) is 12.1. The Labute approximate surface area is 101 Å². The van der Waals surface area contributed by atoms with Crippen molar-refractivity contribution in [3.05, 3.63) is 30.1 Å². The molecule has 0 radical (unpaired) electrons. The van der Waals surface area contributed by atoms with Crippen molar-refractivity contribution in [2.45, 2.75) is 19.3 Å². The van der Waals surface area contributed by atoms with Crippen LogP contribution in [0.2, 0.25) is 0 Å². The second-order valence-corrected chi connectivity index (χ2v) is 4.68. The summed E-state index contributed by atoms with van der Waals surface area (Å²) >= 11 is 0. The van der Waals surface area contributed by atoms with Gasteiger partial charge in [0.1, 0.15) is 0 Å². The number of nitrogens with zero attached hydrogens (tertiary/aromatic N) is 1. The average Bonchev–Trinajstić information content (AvgIpc) is 2.38. The van der Waals surface area contributed by atoms with Crippen LogP contribution in [0.4, 0.5) is 0 Å². The van der Waals surface area contributed by atoms with Crippen LogP contribution in [0, 0.1) is 5.92 Å². The van der Waals surface area contributed by atoms with Gasteiger partial charge in [-0.05, 0) is 25.0 Å². The Bertz CT molecular complexity index is 367. The number of carbonyl (C=O) groups excluding carboxylic acids is 1. The van der Waals surface area contributed by atoms with Gasteiger partial charge >= 0.3 is 0 Å². The van der Waals surface area contributed by atoms with Crippen molar-refractivity contribution in [2.75, 3.05) is 19.6 Å². The van der Waals surface area contributed by atoms with E-state index >= 15 is 0 Å². The van der Waals surface area contributed by atoms with Crippen LogP contribution in [0.3, 0.4) is 0 Å². The smallest absolute Gasteiger partial charge is 0.0852 e. The van der Waals surface area contributed by atoms with Crippen LogP contribution in [0.1, 0.15) is 18.5 Å². The maximum atomic E-state index is 10.8. The molecule has 1 aromatic heterocycles. The molecule has 0 amide bonds. The molecule has 1 unspecified atom stereocenters. The lowest BCUT2D eigenvalue weighted by Gasteiger charge is -2.30. The fraction of sp³-hybridized carbons (Fsp3) is 0.538. The van der Waals surface area contributed by atoms with Gasteiger partial charge in [-0.25, -0.2) is 0 Å². The van der Waals surface area contributed by atoms with Crippen LogP contribution in [-0.4, -0.2) is 30.6 Å². The number of piperidine rings is 1. The van der Waals surface area contributed by atoms with Gasteiger partial charge in [0.25, 0.3) is 0 Å². The van der Waals surface area contributed by atoms with Crippen LogP contribution in [0.15, 0.2) is 24.4 Å². The Morgan fingerprint density at radius 2 is 2.41 bits per heavy atom. The summed E-state index contributed by atoms with van der Waals surface area (Å²) in [6.07, 6.45) is 4.46. The van der Waals surface area contributed by atoms with E-state index in [0.717, 1.165) is 38.0 Å². The monoisotopic (exact) mass is 234 g/mol. The number of carboxylic acids is 1. The van der Waals surface area contributed by atoms with Crippen molar-refractivity contribution in [2.24, 2.45) is 5.92 Å². The summed E-state index contributed by atoms with van der Waals surface area (Å²) < 4.78 is 0. The number of quaternary nitrogens is 1. The van der Waals surface area contributed by atoms with Crippen molar-refractivity contribution in [1.29, 1.82) is 0 Å². The number of pyridine rings is 1. The molecule has 0 aromatic carbocycles. The molecule has 1 aliphatic rings. The predicted molar refractivity (Wildman–Crippen MR) is 61.2 cm³/mol. The average molecular weight is 234 g/mol. The molecule has 2 atom stereocenters. The van der Waals surface area contributed by atoms with Gasteiger partial charge in [-0.1, -0.05) is 6.07 Å². The van der Waals surface area contributed by atoms with Gasteiger partial charge in [-0.2, -0.15) is 0 Å². The van der Waals surface area contributed by atoms with Crippen LogP contribution in [-0.2, 0) is 11.2 Å². The fourth-order valence-electron chi connectivity index (χ4n) is 2.43. The minimum Gasteiger partial charge on any atom is -0.550 e. The fourth-order valence-corrected chi connectivity index (χ4v) is 2.43. The highest BCUT2D eigenvalue weighted by molar-refractivity contribution is 5.67. The summed E-state index contributed by atoms with van der Waals surface area (Å²) in [6, 6.07) is 5.90. The second-order valence-electron chi connectivity index (χ2n) is 4.68. The highest BCUT2D eigenvalue weighted by Gasteiger charge is 2.23. The largest absolute Gasteiger partial charge is 0.550 e. The number of rotatable bonds is 4. The Morgan fingerprint density at radius 1 is 1.53 bits per heavy atom. The van der Waals surface area contributed by atoms with E-state index in [1.54, 1.807) is 6.20 Å². The van der Waals surface area contributed by atoms with Crippen LogP contribution < -0.4 is 10.0 Å². The van der Waals surface area contributed by atoms with Gasteiger partial charge in [0.15, 0.2) is 0 Å². The van der Waals surface area contributed by atoms with E-state index in [4.69, 9.17) is 0 Å². The summed E-state index contributed by atoms with van der Waals surface area (Å²) in [5.74, 6) is -1.15. The molecule has 2 heterocycles. The van der Waals surface area contributed by atoms with Gasteiger partial charge in [0.2, 0.25) is 0 Å². The number of aliphatic carboxylic acids is 1. The van der Waals surface area contributed by atoms with E-state index in [-0.39, 0.29) is 5.92 Å². The van der Waals surface area contributed by atoms with E-state index in [9.17, 15) is 9.90 Å². The standard InChI is InChI=1S/C13H18N2O2/c16-13(17)11-4-3-8-15(10-11)9-6-12-5-1-2-7-14-12/h1-2,5,7,11H,3-4,6,8-10H2,(H,16,17)/t11-/m0/s1. The maximum absolute atomic E-state index is 10.8. The molecule has 1 saturated heterocycles. The van der Waals surface area contributed by atoms with Crippen LogP contribution >= 0.6 is 0 Å². The molecule has 17 heavy (non-hydrogen) atoms. The lowest BCUT2D eigenvalue weighted by atomic mass is 9.98. The Balaban J connectivity index is 1.81. The third-order valence-electron chi connectivity index (χ3n) is 3.41. The van der Waals surface area contributed by atoms with E-state index in [2.05, 4.69) is 4.98 Å². The summed E-state index contributed by atoms with van der Waals surface area (Å²) in [7, 11) is 0. The number of likely N-dealkylation sites (tertiary alicyclic amines) is 1. The number of aromatic nitrogens is 1. The first kappa shape index (κ1) is 12.0. The SMILES string of the molecule is O=C([O-])[C@H]1CCC[NH+](CCc2ccccn2)C1. The molecule has 92 valence electrons. The third kappa shape index (κ3) is 3.53. The summed E-state index contributed by atoms with van der Waals surface area (Å²) in [5, 5.41) is 10.8. The first-order valence-electron chi connectivity index (χ1n) is 6.20. The maximum Gasteiger partial charge on any atom is 0.0852 e. The zero-order valence-corrected chi connectivity index (χ0v) is 9.89. The summed E-state index contributed by atoms with van der Waals surface area (Å²) in [4.78, 5) is 16.5. The van der Waals surface area contributed by atoms with E-state index < -0.39 is 5.97 Å². The number of nitrogens with one attached hydrogen (secondary N) is 1. The number of carboxylic acid groups (broad SMARTS) is 1. The van der Waals surface area contributed by atoms with Crippen LogP contribution in [0.25, 0.3) is 0 Å². The van der Waals surface area contributed by atoms with E-state index in [0.29, 0.717) is 6.54 Å². The Kier molecular flexibility index (Phi) is 4.09. The molecule has 2 rings (SSSR count). The quantitative estimate of drug-likeness (QED) is 0.702. The molecule has 0 aliphatic carbocycles. The number of hydrogen-bond donors (Lipinski definition) is 1. The first-order chi connectivity index (χ1) is 8.25. The predicted octanol–water partition coefficient (Wildman–Crippen LogP) is -1.33. The van der Waals surface area contributed by atoms with E-state index in [1.807, 2.05) is 18.2 Å². The summed E-state index contributed by atoms with van der Waals surface area (Å²) in [5.41, 5.74) is 1.08. The highest BCUT2D eigenvalue weighted by Crippen LogP contribution is 2.05. The number of carbonyl (C=O) groups is 1. The van der Waals surface area contributed by atoms with E-state index in [1.165, 1.54) is 4.90 Å². The Hall–Kier alpha value is -1.42. The molecular weight excluding hydrogens is 216 g/mol. The van der Waals surface area contributed by atoms with Gasteiger partial charge in [-0.15, -0.1) is 0 Å². The molecule has 4 nitrogen and oxygen atoms in total. The third-order valence-corrected chi connectivity index (χ3v) is 3.41. The molecule has 0 saturated carbocycles. The molecule has 1 N–H and O–H groups in total. The molecular formula is C13H18N2O2. The normalized spacial score (nSPS) is 24.5. The van der Waals surface area contributed by atoms with Crippen LogP contribution in [0.5, 0.6) is 0 Å². The molecule has 0 spiro atoms. The van der Waals surface area contributed by atoms with Gasteiger partial charge < -0.3 is 14.8 Å². The number of hydrogen-bond acceptors (Lipinski definition) is 3. The highest BCUT2D eigenvalue weighted by atomic mass is 16.4. The van der Waals surface area contributed by atoms with Crippen molar-refractivity contribution in [3.63, 3.8) is 0 Å². The molecule has 1 aliphatic heterocycles. The lowest BCUT2D eigenvalue weighted by Crippen LogP contribution is -3.14. The molecule has 1 aromatic rings. The minimum atomic E-state index is -0.889. The molecule has 1 fully saturated rings. The van der Waals surface area contributed by atoms with Gasteiger partial charge in [0.05, 0.1) is 25.6 Å². The lowest BCUT2D eigenvalue weighted by molar-refractivity contribution is -0.907. The van der Waals surface area contributed by atoms with Crippen molar-refractivity contribution in [3.8, 4) is 0 Å². The molecule has 0 bridgehead atoms. The van der Waals surface area contributed by atoms with Crippen molar-refractivity contribution in [1.82, 2.24) is 4.98 Å².